The number of anilines is 1. The van der Waals surface area contributed by atoms with Gasteiger partial charge in [0, 0.05) is 28.5 Å². The smallest absolute Gasteiger partial charge is 0.0725 e. The lowest BCUT2D eigenvalue weighted by Gasteiger charge is -2.31. The number of hydrogen-bond donors (Lipinski definition) is 1. The maximum atomic E-state index is 6.10. The Bertz CT molecular complexity index is 557. The van der Waals surface area contributed by atoms with Crippen molar-refractivity contribution in [2.75, 3.05) is 17.1 Å². The number of rotatable bonds is 5. The third-order valence-electron chi connectivity index (χ3n) is 3.43. The average molecular weight is 297 g/mol. The monoisotopic (exact) mass is 296 g/mol. The van der Waals surface area contributed by atoms with Crippen molar-refractivity contribution in [2.45, 2.75) is 25.8 Å². The van der Waals surface area contributed by atoms with Crippen LogP contribution in [0.3, 0.4) is 0 Å². The molecule has 0 radical (unpaired) electrons. The van der Waals surface area contributed by atoms with Crippen molar-refractivity contribution in [1.82, 2.24) is 4.98 Å². The van der Waals surface area contributed by atoms with E-state index in [1.165, 1.54) is 0 Å². The van der Waals surface area contributed by atoms with Crippen LogP contribution in [-0.2, 0) is 0 Å². The van der Waals surface area contributed by atoms with Crippen LogP contribution in [0.4, 0.5) is 5.69 Å². The van der Waals surface area contributed by atoms with Gasteiger partial charge in [-0.05, 0) is 25.5 Å². The summed E-state index contributed by atoms with van der Waals surface area (Å²) in [7, 11) is 0. The van der Waals surface area contributed by atoms with E-state index in [-0.39, 0.29) is 5.54 Å². The summed E-state index contributed by atoms with van der Waals surface area (Å²) < 4.78 is 0. The molecule has 102 valence electrons. The van der Waals surface area contributed by atoms with E-state index in [0.717, 1.165) is 28.7 Å². The zero-order valence-electron chi connectivity index (χ0n) is 11.2. The number of para-hydroxylation sites is 1. The number of fused-ring (bicyclic) bond motifs is 1. The molecule has 0 atom stereocenters. The zero-order chi connectivity index (χ0) is 13.9. The summed E-state index contributed by atoms with van der Waals surface area (Å²) >= 11 is 12.2. The first-order valence-electron chi connectivity index (χ1n) is 6.40. The van der Waals surface area contributed by atoms with E-state index in [0.29, 0.717) is 11.8 Å². The first-order chi connectivity index (χ1) is 9.14. The number of alkyl halides is 2. The Kier molecular flexibility index (Phi) is 4.54. The van der Waals surface area contributed by atoms with Gasteiger partial charge in [-0.25, -0.2) is 0 Å². The Hall–Kier alpha value is -0.990. The second-order valence-electron chi connectivity index (χ2n) is 4.85. The van der Waals surface area contributed by atoms with Crippen LogP contribution in [-0.4, -0.2) is 22.3 Å². The topological polar surface area (TPSA) is 24.9 Å². The Morgan fingerprint density at radius 1 is 1.21 bits per heavy atom. The van der Waals surface area contributed by atoms with Crippen molar-refractivity contribution in [3.8, 4) is 0 Å². The standard InChI is InChI=1S/C15H18Cl2N2/c1-3-15(9-16,10-17)19-14-8-11(2)18-13-7-5-4-6-12(13)14/h4-8H,3,9-10H2,1-2H3,(H,18,19). The van der Waals surface area contributed by atoms with Crippen LogP contribution < -0.4 is 5.32 Å². The Balaban J connectivity index is 2.50. The number of benzene rings is 1. The van der Waals surface area contributed by atoms with Crippen LogP contribution in [0, 0.1) is 6.92 Å². The van der Waals surface area contributed by atoms with Gasteiger partial charge >= 0.3 is 0 Å². The second kappa shape index (κ2) is 5.98. The van der Waals surface area contributed by atoms with Gasteiger partial charge in [0.25, 0.3) is 0 Å². The summed E-state index contributed by atoms with van der Waals surface area (Å²) in [5.74, 6) is 0.950. The highest BCUT2D eigenvalue weighted by molar-refractivity contribution is 6.22. The molecule has 1 aromatic heterocycles. The van der Waals surface area contributed by atoms with Crippen LogP contribution in [0.2, 0.25) is 0 Å². The molecule has 0 bridgehead atoms. The van der Waals surface area contributed by atoms with Crippen molar-refractivity contribution in [3.63, 3.8) is 0 Å². The Morgan fingerprint density at radius 2 is 1.89 bits per heavy atom. The van der Waals surface area contributed by atoms with Crippen LogP contribution in [0.25, 0.3) is 10.9 Å². The molecule has 0 spiro atoms. The normalized spacial score (nSPS) is 11.8. The van der Waals surface area contributed by atoms with Gasteiger partial charge in [0.2, 0.25) is 0 Å². The molecule has 0 aliphatic heterocycles. The lowest BCUT2D eigenvalue weighted by molar-refractivity contribution is 0.561. The highest BCUT2D eigenvalue weighted by Crippen LogP contribution is 2.28. The molecule has 1 heterocycles. The lowest BCUT2D eigenvalue weighted by atomic mass is 10.00. The van der Waals surface area contributed by atoms with Gasteiger partial charge < -0.3 is 5.32 Å². The van der Waals surface area contributed by atoms with Crippen LogP contribution in [0.5, 0.6) is 0 Å². The minimum Gasteiger partial charge on any atom is -0.377 e. The minimum absolute atomic E-state index is 0.278. The molecule has 0 unspecified atom stereocenters. The number of nitrogens with zero attached hydrogens (tertiary/aromatic N) is 1. The van der Waals surface area contributed by atoms with E-state index >= 15 is 0 Å². The predicted octanol–water partition coefficient (Wildman–Crippen LogP) is 4.58. The van der Waals surface area contributed by atoms with Crippen molar-refractivity contribution in [3.05, 3.63) is 36.0 Å². The number of hydrogen-bond acceptors (Lipinski definition) is 2. The first-order valence-corrected chi connectivity index (χ1v) is 7.47. The third kappa shape index (κ3) is 2.96. The van der Waals surface area contributed by atoms with Crippen molar-refractivity contribution in [2.24, 2.45) is 0 Å². The third-order valence-corrected chi connectivity index (χ3v) is 4.46. The van der Waals surface area contributed by atoms with E-state index in [4.69, 9.17) is 23.2 Å². The fraction of sp³-hybridized carbons (Fsp3) is 0.400. The van der Waals surface area contributed by atoms with Crippen LogP contribution in [0.15, 0.2) is 30.3 Å². The maximum absolute atomic E-state index is 6.10. The predicted molar refractivity (Wildman–Crippen MR) is 84.6 cm³/mol. The number of halogens is 2. The van der Waals surface area contributed by atoms with Crippen LogP contribution >= 0.6 is 23.2 Å². The molecule has 0 saturated carbocycles. The minimum atomic E-state index is -0.278. The molecule has 4 heteroatoms. The van der Waals surface area contributed by atoms with E-state index < -0.39 is 0 Å². The fourth-order valence-corrected chi connectivity index (χ4v) is 2.87. The van der Waals surface area contributed by atoms with E-state index in [2.05, 4.69) is 23.3 Å². The molecule has 0 aliphatic rings. The van der Waals surface area contributed by atoms with Gasteiger partial charge in [0.15, 0.2) is 0 Å². The quantitative estimate of drug-likeness (QED) is 0.817. The summed E-state index contributed by atoms with van der Waals surface area (Å²) in [6.45, 7) is 4.08. The molecule has 0 amide bonds. The number of aromatic nitrogens is 1. The molecular formula is C15H18Cl2N2. The van der Waals surface area contributed by atoms with Gasteiger partial charge in [0.05, 0.1) is 11.1 Å². The van der Waals surface area contributed by atoms with E-state index in [1.54, 1.807) is 0 Å². The maximum Gasteiger partial charge on any atom is 0.0725 e. The van der Waals surface area contributed by atoms with Crippen molar-refractivity contribution >= 4 is 39.8 Å². The highest BCUT2D eigenvalue weighted by Gasteiger charge is 2.26. The van der Waals surface area contributed by atoms with E-state index in [9.17, 15) is 0 Å². The summed E-state index contributed by atoms with van der Waals surface area (Å²) in [6.07, 6.45) is 0.871. The van der Waals surface area contributed by atoms with Gasteiger partial charge in [-0.1, -0.05) is 25.1 Å². The summed E-state index contributed by atoms with van der Waals surface area (Å²) in [6, 6.07) is 10.1. The van der Waals surface area contributed by atoms with Crippen LogP contribution in [0.1, 0.15) is 19.0 Å². The van der Waals surface area contributed by atoms with Gasteiger partial charge in [-0.15, -0.1) is 23.2 Å². The Morgan fingerprint density at radius 3 is 2.53 bits per heavy atom. The number of aryl methyl sites for hydroxylation is 1. The summed E-state index contributed by atoms with van der Waals surface area (Å²) in [5, 5.41) is 4.62. The molecule has 2 aromatic rings. The molecule has 0 saturated heterocycles. The van der Waals surface area contributed by atoms with E-state index in [1.807, 2.05) is 31.2 Å². The molecule has 0 fully saturated rings. The SMILES string of the molecule is CCC(CCl)(CCl)Nc1cc(C)nc2ccccc12. The lowest BCUT2D eigenvalue weighted by Crippen LogP contribution is -2.41. The largest absolute Gasteiger partial charge is 0.377 e. The summed E-state index contributed by atoms with van der Waals surface area (Å²) in [5.41, 5.74) is 2.74. The van der Waals surface area contributed by atoms with Crippen molar-refractivity contribution in [1.29, 1.82) is 0 Å². The fourth-order valence-electron chi connectivity index (χ4n) is 2.08. The molecule has 1 aromatic carbocycles. The first kappa shape index (κ1) is 14.4. The van der Waals surface area contributed by atoms with Gasteiger partial charge in [0.1, 0.15) is 0 Å². The van der Waals surface area contributed by atoms with Gasteiger partial charge in [-0.3, -0.25) is 4.98 Å². The molecule has 1 N–H and O–H groups in total. The summed E-state index contributed by atoms with van der Waals surface area (Å²) in [4.78, 5) is 4.54. The highest BCUT2D eigenvalue weighted by atomic mass is 35.5. The molecule has 2 nitrogen and oxygen atoms in total. The van der Waals surface area contributed by atoms with Crippen molar-refractivity contribution < 1.29 is 0 Å². The molecule has 2 rings (SSSR count). The number of pyridine rings is 1. The molecular weight excluding hydrogens is 279 g/mol. The second-order valence-corrected chi connectivity index (χ2v) is 5.39. The number of nitrogens with one attached hydrogen (secondary N) is 1. The zero-order valence-corrected chi connectivity index (χ0v) is 12.7. The average Bonchev–Trinajstić information content (AvgIpc) is 2.44. The molecule has 0 aliphatic carbocycles. The Labute approximate surface area is 124 Å². The molecule has 19 heavy (non-hydrogen) atoms. The van der Waals surface area contributed by atoms with Gasteiger partial charge in [-0.2, -0.15) is 0 Å².